The zero-order chi connectivity index (χ0) is 16.0. The number of rotatable bonds is 8. The Morgan fingerprint density at radius 1 is 1.32 bits per heavy atom. The fraction of sp³-hybridized carbons (Fsp3) is 0.588. The van der Waals surface area contributed by atoms with Crippen molar-refractivity contribution >= 4 is 6.03 Å². The molecule has 22 heavy (non-hydrogen) atoms. The quantitative estimate of drug-likeness (QED) is 0.687. The molecule has 2 amide bonds. The zero-order valence-corrected chi connectivity index (χ0v) is 13.4. The van der Waals surface area contributed by atoms with Gasteiger partial charge in [-0.1, -0.05) is 19.1 Å². The van der Waals surface area contributed by atoms with Crippen molar-refractivity contribution in [2.24, 2.45) is 11.3 Å². The van der Waals surface area contributed by atoms with Crippen molar-refractivity contribution < 1.29 is 14.6 Å². The minimum Gasteiger partial charge on any atom is -0.497 e. The van der Waals surface area contributed by atoms with Crippen molar-refractivity contribution in [3.63, 3.8) is 0 Å². The first-order chi connectivity index (χ1) is 10.6. The molecule has 1 fully saturated rings. The molecule has 1 aliphatic rings. The lowest BCUT2D eigenvalue weighted by Crippen LogP contribution is -2.41. The van der Waals surface area contributed by atoms with Crippen LogP contribution in [0.4, 0.5) is 4.79 Å². The number of carbonyl (C=O) groups is 1. The number of aliphatic hydroxyl groups is 1. The number of nitrogens with one attached hydrogen (secondary N) is 2. The van der Waals surface area contributed by atoms with Crippen LogP contribution in [0.25, 0.3) is 0 Å². The van der Waals surface area contributed by atoms with E-state index in [0.29, 0.717) is 19.0 Å². The van der Waals surface area contributed by atoms with Crippen molar-refractivity contribution in [2.75, 3.05) is 26.8 Å². The second kappa shape index (κ2) is 7.49. The molecule has 1 unspecified atom stereocenters. The summed E-state index contributed by atoms with van der Waals surface area (Å²) in [6, 6.07) is 7.85. The predicted molar refractivity (Wildman–Crippen MR) is 86.0 cm³/mol. The highest BCUT2D eigenvalue weighted by molar-refractivity contribution is 5.73. The number of methoxy groups -OCH3 is 1. The minimum atomic E-state index is -0.152. The molecule has 5 nitrogen and oxygen atoms in total. The number of hydrogen-bond acceptors (Lipinski definition) is 3. The highest BCUT2D eigenvalue weighted by Gasteiger charge is 2.42. The van der Waals surface area contributed by atoms with Crippen LogP contribution >= 0.6 is 0 Å². The number of amides is 2. The van der Waals surface area contributed by atoms with Crippen LogP contribution in [0.2, 0.25) is 0 Å². The molecule has 1 aromatic rings. The second-order valence-corrected chi connectivity index (χ2v) is 6.38. The number of urea groups is 1. The Hall–Kier alpha value is -1.75. The summed E-state index contributed by atoms with van der Waals surface area (Å²) in [6.07, 6.45) is 2.90. The highest BCUT2D eigenvalue weighted by atomic mass is 16.5. The van der Waals surface area contributed by atoms with Gasteiger partial charge in [0.2, 0.25) is 0 Å². The molecule has 1 aliphatic carbocycles. The molecule has 0 saturated heterocycles. The van der Waals surface area contributed by atoms with E-state index in [1.807, 2.05) is 24.3 Å². The van der Waals surface area contributed by atoms with Gasteiger partial charge in [-0.25, -0.2) is 4.79 Å². The average Bonchev–Trinajstić information content (AvgIpc) is 3.32. The molecule has 1 atom stereocenters. The van der Waals surface area contributed by atoms with Crippen LogP contribution in [0.3, 0.4) is 0 Å². The minimum absolute atomic E-state index is 0.0496. The van der Waals surface area contributed by atoms with E-state index in [2.05, 4.69) is 17.6 Å². The van der Waals surface area contributed by atoms with Gasteiger partial charge in [0.25, 0.3) is 0 Å². The third kappa shape index (κ3) is 4.91. The maximum absolute atomic E-state index is 11.8. The van der Waals surface area contributed by atoms with Gasteiger partial charge in [-0.05, 0) is 42.9 Å². The van der Waals surface area contributed by atoms with E-state index in [-0.39, 0.29) is 18.1 Å². The molecule has 1 saturated carbocycles. The molecule has 2 rings (SSSR count). The largest absolute Gasteiger partial charge is 0.497 e. The number of carbonyl (C=O) groups excluding carboxylic acids is 1. The smallest absolute Gasteiger partial charge is 0.314 e. The highest BCUT2D eigenvalue weighted by Crippen LogP contribution is 2.44. The third-order valence-electron chi connectivity index (χ3n) is 4.27. The molecule has 5 heteroatoms. The van der Waals surface area contributed by atoms with Crippen molar-refractivity contribution in [3.05, 3.63) is 29.8 Å². The molecule has 0 bridgehead atoms. The van der Waals surface area contributed by atoms with E-state index < -0.39 is 0 Å². The van der Waals surface area contributed by atoms with Gasteiger partial charge >= 0.3 is 6.03 Å². The van der Waals surface area contributed by atoms with Crippen LogP contribution in [0.5, 0.6) is 5.75 Å². The SMILES string of the molecule is COc1ccc(CC(C)CNC(=O)NCC2(CO)CC2)cc1. The average molecular weight is 306 g/mol. The van der Waals surface area contributed by atoms with E-state index >= 15 is 0 Å². The van der Waals surface area contributed by atoms with Gasteiger partial charge in [-0.3, -0.25) is 0 Å². The van der Waals surface area contributed by atoms with Gasteiger partial charge in [0.1, 0.15) is 5.75 Å². The first-order valence-corrected chi connectivity index (χ1v) is 7.82. The number of benzene rings is 1. The van der Waals surface area contributed by atoms with E-state index in [1.165, 1.54) is 5.56 Å². The number of hydrogen-bond donors (Lipinski definition) is 3. The van der Waals surface area contributed by atoms with Gasteiger partial charge < -0.3 is 20.5 Å². The number of ether oxygens (including phenoxy) is 1. The lowest BCUT2D eigenvalue weighted by molar-refractivity contribution is 0.202. The van der Waals surface area contributed by atoms with Crippen LogP contribution in [-0.4, -0.2) is 37.9 Å². The topological polar surface area (TPSA) is 70.6 Å². The molecular weight excluding hydrogens is 280 g/mol. The standard InChI is InChI=1S/C17H26N2O3/c1-13(9-14-3-5-15(22-2)6-4-14)10-18-16(21)19-11-17(12-20)7-8-17/h3-6,13,20H,7-12H2,1-2H3,(H2,18,19,21). The van der Waals surface area contributed by atoms with Gasteiger partial charge in [-0.15, -0.1) is 0 Å². The molecule has 3 N–H and O–H groups in total. The Balaban J connectivity index is 1.65. The van der Waals surface area contributed by atoms with Gasteiger partial charge in [-0.2, -0.15) is 0 Å². The van der Waals surface area contributed by atoms with E-state index in [4.69, 9.17) is 4.74 Å². The third-order valence-corrected chi connectivity index (χ3v) is 4.27. The summed E-state index contributed by atoms with van der Waals surface area (Å²) in [5.74, 6) is 1.21. The molecular formula is C17H26N2O3. The van der Waals surface area contributed by atoms with Crippen LogP contribution in [0.15, 0.2) is 24.3 Å². The van der Waals surface area contributed by atoms with Crippen molar-refractivity contribution in [2.45, 2.75) is 26.2 Å². The summed E-state index contributed by atoms with van der Waals surface area (Å²) in [6.45, 7) is 3.45. The fourth-order valence-electron chi connectivity index (χ4n) is 2.40. The fourth-order valence-corrected chi connectivity index (χ4v) is 2.40. The van der Waals surface area contributed by atoms with Crippen molar-refractivity contribution in [1.82, 2.24) is 10.6 Å². The van der Waals surface area contributed by atoms with E-state index in [9.17, 15) is 9.90 Å². The van der Waals surface area contributed by atoms with E-state index in [0.717, 1.165) is 25.0 Å². The molecule has 122 valence electrons. The molecule has 0 radical (unpaired) electrons. The van der Waals surface area contributed by atoms with Crippen LogP contribution < -0.4 is 15.4 Å². The van der Waals surface area contributed by atoms with Gasteiger partial charge in [0, 0.05) is 18.5 Å². The maximum Gasteiger partial charge on any atom is 0.314 e. The lowest BCUT2D eigenvalue weighted by atomic mass is 10.0. The van der Waals surface area contributed by atoms with E-state index in [1.54, 1.807) is 7.11 Å². The second-order valence-electron chi connectivity index (χ2n) is 6.38. The Morgan fingerprint density at radius 3 is 2.55 bits per heavy atom. The summed E-state index contributed by atoms with van der Waals surface area (Å²) < 4.78 is 5.14. The predicted octanol–water partition coefficient (Wildman–Crippen LogP) is 1.95. The van der Waals surface area contributed by atoms with Crippen molar-refractivity contribution in [3.8, 4) is 5.75 Å². The Labute approximate surface area is 132 Å². The molecule has 0 spiro atoms. The molecule has 1 aromatic carbocycles. The zero-order valence-electron chi connectivity index (χ0n) is 13.4. The van der Waals surface area contributed by atoms with Crippen LogP contribution in [-0.2, 0) is 6.42 Å². The summed E-state index contributed by atoms with van der Waals surface area (Å²) in [7, 11) is 1.66. The van der Waals surface area contributed by atoms with Gasteiger partial charge in [0.15, 0.2) is 0 Å². The lowest BCUT2D eigenvalue weighted by Gasteiger charge is -2.16. The molecule has 0 heterocycles. The van der Waals surface area contributed by atoms with Gasteiger partial charge in [0.05, 0.1) is 13.7 Å². The monoisotopic (exact) mass is 306 g/mol. The summed E-state index contributed by atoms with van der Waals surface area (Å²) in [5.41, 5.74) is 1.18. The summed E-state index contributed by atoms with van der Waals surface area (Å²) in [4.78, 5) is 11.8. The Morgan fingerprint density at radius 2 is 2.00 bits per heavy atom. The maximum atomic E-state index is 11.8. The summed E-state index contributed by atoms with van der Waals surface area (Å²) >= 11 is 0. The normalized spacial score (nSPS) is 16.7. The summed E-state index contributed by atoms with van der Waals surface area (Å²) in [5, 5.41) is 14.9. The molecule has 0 aromatic heterocycles. The van der Waals surface area contributed by atoms with Crippen LogP contribution in [0, 0.1) is 11.3 Å². The Bertz CT molecular complexity index is 483. The first-order valence-electron chi connectivity index (χ1n) is 7.82. The Kier molecular flexibility index (Phi) is 5.66. The number of aliphatic hydroxyl groups excluding tert-OH is 1. The molecule has 0 aliphatic heterocycles. The first kappa shape index (κ1) is 16.6. The van der Waals surface area contributed by atoms with Crippen LogP contribution in [0.1, 0.15) is 25.3 Å². The van der Waals surface area contributed by atoms with Crippen molar-refractivity contribution in [1.29, 1.82) is 0 Å².